The van der Waals surface area contributed by atoms with Gasteiger partial charge in [-0.05, 0) is 0 Å². The number of hydrogen-bond donors (Lipinski definition) is 1. The highest BCUT2D eigenvalue weighted by Crippen LogP contribution is 2.24. The average Bonchev–Trinajstić information content (AvgIpc) is 2.50. The van der Waals surface area contributed by atoms with E-state index in [9.17, 15) is 18.0 Å². The van der Waals surface area contributed by atoms with Crippen LogP contribution in [-0.2, 0) is 6.18 Å². The molecule has 0 spiro atoms. The van der Waals surface area contributed by atoms with E-state index in [4.69, 9.17) is 0 Å². The van der Waals surface area contributed by atoms with Crippen LogP contribution < -0.4 is 5.69 Å². The monoisotopic (exact) mass is 204 g/mol. The van der Waals surface area contributed by atoms with E-state index >= 15 is 0 Å². The van der Waals surface area contributed by atoms with Gasteiger partial charge in [0.2, 0.25) is 11.6 Å². The summed E-state index contributed by atoms with van der Waals surface area (Å²) in [7, 11) is 0. The molecule has 2 heterocycles. The molecular weight excluding hydrogens is 201 g/mol. The van der Waals surface area contributed by atoms with Gasteiger partial charge in [-0.2, -0.15) is 18.2 Å². The standard InChI is InChI=1S/C6H3F3N4O/c7-6(8,9)3-11-4-10-1-2-13(4)5(14)12-3/h1-2H,(H,10,11,12,14). The van der Waals surface area contributed by atoms with Gasteiger partial charge >= 0.3 is 11.9 Å². The quantitative estimate of drug-likeness (QED) is 0.677. The molecule has 0 fully saturated rings. The van der Waals surface area contributed by atoms with Gasteiger partial charge in [0.1, 0.15) is 0 Å². The number of fused-ring (bicyclic) bond motifs is 1. The molecule has 0 aliphatic carbocycles. The van der Waals surface area contributed by atoms with Crippen molar-refractivity contribution >= 4 is 5.78 Å². The highest BCUT2D eigenvalue weighted by Gasteiger charge is 2.34. The summed E-state index contributed by atoms with van der Waals surface area (Å²) in [6.45, 7) is 0. The maximum atomic E-state index is 12.1. The molecule has 8 heteroatoms. The van der Waals surface area contributed by atoms with E-state index in [0.29, 0.717) is 0 Å². The fourth-order valence-corrected chi connectivity index (χ4v) is 0.961. The van der Waals surface area contributed by atoms with Crippen LogP contribution in [0.3, 0.4) is 0 Å². The lowest BCUT2D eigenvalue weighted by Gasteiger charge is -2.03. The first-order valence-corrected chi connectivity index (χ1v) is 3.49. The molecule has 14 heavy (non-hydrogen) atoms. The van der Waals surface area contributed by atoms with Gasteiger partial charge in [-0.1, -0.05) is 0 Å². The number of aromatic nitrogens is 4. The molecule has 0 saturated heterocycles. The molecule has 0 aliphatic heterocycles. The van der Waals surface area contributed by atoms with Crippen LogP contribution in [0, 0.1) is 0 Å². The van der Waals surface area contributed by atoms with Gasteiger partial charge in [-0.15, -0.1) is 0 Å². The van der Waals surface area contributed by atoms with Crippen LogP contribution in [0.25, 0.3) is 5.78 Å². The van der Waals surface area contributed by atoms with Crippen LogP contribution in [0.1, 0.15) is 5.82 Å². The first kappa shape index (κ1) is 8.73. The van der Waals surface area contributed by atoms with Crippen LogP contribution in [0.5, 0.6) is 0 Å². The summed E-state index contributed by atoms with van der Waals surface area (Å²) in [6.07, 6.45) is -2.26. The molecule has 0 unspecified atom stereocenters. The zero-order chi connectivity index (χ0) is 10.3. The normalized spacial score (nSPS) is 12.2. The predicted molar refractivity (Wildman–Crippen MR) is 38.6 cm³/mol. The average molecular weight is 204 g/mol. The van der Waals surface area contributed by atoms with Gasteiger partial charge in [0.15, 0.2) is 0 Å². The van der Waals surface area contributed by atoms with E-state index in [-0.39, 0.29) is 5.78 Å². The van der Waals surface area contributed by atoms with Crippen molar-refractivity contribution in [1.29, 1.82) is 0 Å². The lowest BCUT2D eigenvalue weighted by molar-refractivity contribution is -0.145. The Morgan fingerprint density at radius 2 is 2.14 bits per heavy atom. The number of hydrogen-bond acceptors (Lipinski definition) is 3. The fraction of sp³-hybridized carbons (Fsp3) is 0.167. The largest absolute Gasteiger partial charge is 0.449 e. The van der Waals surface area contributed by atoms with Crippen molar-refractivity contribution in [3.05, 3.63) is 28.7 Å². The maximum absolute atomic E-state index is 12.1. The topological polar surface area (TPSA) is 63.0 Å². The summed E-state index contributed by atoms with van der Waals surface area (Å²) in [6, 6.07) is 0. The molecule has 2 rings (SSSR count). The number of alkyl halides is 3. The highest BCUT2D eigenvalue weighted by molar-refractivity contribution is 5.26. The zero-order valence-electron chi connectivity index (χ0n) is 6.54. The Morgan fingerprint density at radius 3 is 2.79 bits per heavy atom. The van der Waals surface area contributed by atoms with E-state index in [1.54, 1.807) is 4.98 Å². The Hall–Kier alpha value is -1.86. The predicted octanol–water partition coefficient (Wildman–Crippen LogP) is 0.436. The molecule has 2 aromatic heterocycles. The third-order valence-electron chi connectivity index (χ3n) is 1.55. The van der Waals surface area contributed by atoms with Crippen LogP contribution >= 0.6 is 0 Å². The Morgan fingerprint density at radius 1 is 1.43 bits per heavy atom. The van der Waals surface area contributed by atoms with Gasteiger partial charge in [-0.25, -0.2) is 14.2 Å². The van der Waals surface area contributed by atoms with Gasteiger partial charge in [-0.3, -0.25) is 4.98 Å². The third-order valence-corrected chi connectivity index (χ3v) is 1.55. The number of H-pyrrole nitrogens is 1. The van der Waals surface area contributed by atoms with Crippen molar-refractivity contribution in [3.63, 3.8) is 0 Å². The Bertz CT molecular complexity index is 526. The van der Waals surface area contributed by atoms with Crippen molar-refractivity contribution in [2.45, 2.75) is 6.18 Å². The first-order valence-electron chi connectivity index (χ1n) is 3.49. The molecule has 1 N–H and O–H groups in total. The molecule has 0 radical (unpaired) electrons. The second-order valence-corrected chi connectivity index (χ2v) is 2.49. The Labute approximate surface area is 74.2 Å². The SMILES string of the molecule is O=c1[nH]c(C(F)(F)F)nc2nccn12. The zero-order valence-corrected chi connectivity index (χ0v) is 6.54. The Kier molecular flexibility index (Phi) is 1.60. The van der Waals surface area contributed by atoms with Gasteiger partial charge in [0.25, 0.3) is 0 Å². The first-order chi connectivity index (χ1) is 6.48. The lowest BCUT2D eigenvalue weighted by Crippen LogP contribution is -2.23. The second kappa shape index (κ2) is 2.56. The van der Waals surface area contributed by atoms with E-state index in [1.165, 1.54) is 12.4 Å². The number of nitrogens with zero attached hydrogens (tertiary/aromatic N) is 3. The van der Waals surface area contributed by atoms with E-state index in [1.807, 2.05) is 0 Å². The molecule has 0 aromatic carbocycles. The summed E-state index contributed by atoms with van der Waals surface area (Å²) in [5.41, 5.74) is -0.917. The molecule has 2 aromatic rings. The van der Waals surface area contributed by atoms with Gasteiger partial charge in [0.05, 0.1) is 0 Å². The number of rotatable bonds is 0. The van der Waals surface area contributed by atoms with Crippen LogP contribution in [0.15, 0.2) is 17.2 Å². The lowest BCUT2D eigenvalue weighted by atomic mass is 10.6. The van der Waals surface area contributed by atoms with Crippen LogP contribution in [0.2, 0.25) is 0 Å². The van der Waals surface area contributed by atoms with E-state index in [0.717, 1.165) is 4.40 Å². The molecule has 74 valence electrons. The smallest absolute Gasteiger partial charge is 0.287 e. The van der Waals surface area contributed by atoms with Crippen molar-refractivity contribution in [1.82, 2.24) is 19.4 Å². The summed E-state index contributed by atoms with van der Waals surface area (Å²) in [4.78, 5) is 19.3. The third kappa shape index (κ3) is 1.24. The van der Waals surface area contributed by atoms with E-state index in [2.05, 4.69) is 9.97 Å². The minimum absolute atomic E-state index is 0.277. The summed E-state index contributed by atoms with van der Waals surface area (Å²) < 4.78 is 37.3. The molecule has 5 nitrogen and oxygen atoms in total. The molecule has 0 atom stereocenters. The highest BCUT2D eigenvalue weighted by atomic mass is 19.4. The van der Waals surface area contributed by atoms with Crippen molar-refractivity contribution in [3.8, 4) is 0 Å². The molecule has 0 amide bonds. The minimum atomic E-state index is -4.67. The van der Waals surface area contributed by atoms with E-state index < -0.39 is 17.7 Å². The summed E-state index contributed by atoms with van der Waals surface area (Å²) >= 11 is 0. The minimum Gasteiger partial charge on any atom is -0.287 e. The van der Waals surface area contributed by atoms with Crippen molar-refractivity contribution in [2.24, 2.45) is 0 Å². The number of halogens is 3. The van der Waals surface area contributed by atoms with Gasteiger partial charge in [0, 0.05) is 12.4 Å². The fourth-order valence-electron chi connectivity index (χ4n) is 0.961. The van der Waals surface area contributed by atoms with Crippen LogP contribution in [-0.4, -0.2) is 19.4 Å². The van der Waals surface area contributed by atoms with Crippen molar-refractivity contribution in [2.75, 3.05) is 0 Å². The summed E-state index contributed by atoms with van der Waals surface area (Å²) in [5, 5.41) is 0. The maximum Gasteiger partial charge on any atom is 0.449 e. The molecule has 0 bridgehead atoms. The van der Waals surface area contributed by atoms with Crippen molar-refractivity contribution < 1.29 is 13.2 Å². The van der Waals surface area contributed by atoms with Crippen LogP contribution in [0.4, 0.5) is 13.2 Å². The molecule has 0 saturated carbocycles. The number of imidazole rings is 1. The molecular formula is C6H3F3N4O. The number of nitrogens with one attached hydrogen (secondary N) is 1. The second-order valence-electron chi connectivity index (χ2n) is 2.49. The summed E-state index contributed by atoms with van der Waals surface area (Å²) in [5.74, 6) is -1.62. The Balaban J connectivity index is 2.77. The van der Waals surface area contributed by atoms with Gasteiger partial charge < -0.3 is 0 Å². The number of aromatic amines is 1. The molecule has 0 aliphatic rings.